The maximum absolute atomic E-state index is 12.2. The van der Waals surface area contributed by atoms with Crippen LogP contribution in [0.25, 0.3) is 89.9 Å². The smallest absolute Gasteiger partial charge is 0.324 e. The van der Waals surface area contributed by atoms with Crippen LogP contribution in [0.15, 0.2) is 137 Å². The zero-order valence-corrected chi connectivity index (χ0v) is 39.4. The minimum absolute atomic E-state index is 0.364. The van der Waals surface area contributed by atoms with Gasteiger partial charge in [0.15, 0.2) is 11.6 Å². The van der Waals surface area contributed by atoms with Gasteiger partial charge in [0.1, 0.15) is 11.6 Å². The van der Waals surface area contributed by atoms with Gasteiger partial charge in [-0.1, -0.05) is 84.1 Å². The number of nitrogens with one attached hydrogen (secondary N) is 1. The standard InChI is InChI=1S/C51H42Br2N8O4/c1-6-60-44-19-11-32(46-56-50(62)64-57-46)24-42(44)54-48(60)38-17-13-34(52)27-41(38)37-16-10-31(23-30(37)4)8-7-21-61-45-20-12-33(47-58-65-51(63)59(47)5)25-43(45)55-49(61)39-18-14-35(53)26-40(39)36-15-9-28(2)22-29(36)3/h9-20,22-27H,6-8,21H2,1-5H3,(H,56,57,62). The Labute approximate surface area is 389 Å². The molecule has 12 nitrogen and oxygen atoms in total. The Bertz CT molecular complexity index is 3610. The number of fused-ring (bicyclic) bond motifs is 2. The summed E-state index contributed by atoms with van der Waals surface area (Å²) in [6.45, 7) is 9.98. The third-order valence-electron chi connectivity index (χ3n) is 12.1. The maximum Gasteiger partial charge on any atom is 0.441 e. The zero-order chi connectivity index (χ0) is 45.1. The Morgan fingerprint density at radius 2 is 1.20 bits per heavy atom. The summed E-state index contributed by atoms with van der Waals surface area (Å²) >= 11 is 7.50. The van der Waals surface area contributed by atoms with Crippen LogP contribution >= 0.6 is 31.9 Å². The molecule has 0 unspecified atom stereocenters. The Hall–Kier alpha value is -6.90. The number of aromatic amines is 1. The molecule has 4 aromatic heterocycles. The van der Waals surface area contributed by atoms with Gasteiger partial charge in [0.25, 0.3) is 0 Å². The molecule has 14 heteroatoms. The third kappa shape index (κ3) is 7.80. The molecule has 0 aliphatic carbocycles. The molecule has 0 spiro atoms. The molecule has 10 rings (SSSR count). The van der Waals surface area contributed by atoms with Gasteiger partial charge < -0.3 is 9.13 Å². The monoisotopic (exact) mass is 988 g/mol. The van der Waals surface area contributed by atoms with Crippen LogP contribution in [-0.2, 0) is 26.6 Å². The molecule has 0 amide bonds. The number of aryl methyl sites for hydroxylation is 6. The number of H-pyrrole nitrogens is 1. The Morgan fingerprint density at radius 3 is 1.80 bits per heavy atom. The van der Waals surface area contributed by atoms with E-state index < -0.39 is 11.5 Å². The molecule has 0 saturated heterocycles. The van der Waals surface area contributed by atoms with Crippen molar-refractivity contribution in [3.8, 4) is 67.8 Å². The van der Waals surface area contributed by atoms with Gasteiger partial charge >= 0.3 is 11.5 Å². The van der Waals surface area contributed by atoms with Crippen LogP contribution in [0.1, 0.15) is 35.6 Å². The van der Waals surface area contributed by atoms with Gasteiger partial charge in [0.2, 0.25) is 0 Å². The van der Waals surface area contributed by atoms with Crippen molar-refractivity contribution < 1.29 is 9.05 Å². The molecule has 0 fully saturated rings. The molecule has 65 heavy (non-hydrogen) atoms. The van der Waals surface area contributed by atoms with Gasteiger partial charge in [0, 0.05) is 51.3 Å². The summed E-state index contributed by atoms with van der Waals surface area (Å²) < 4.78 is 17.6. The Morgan fingerprint density at radius 1 is 0.600 bits per heavy atom. The molecule has 0 saturated carbocycles. The second kappa shape index (κ2) is 16.9. The quantitative estimate of drug-likeness (QED) is 0.135. The minimum atomic E-state index is -0.600. The average molecular weight is 991 g/mol. The second-order valence-corrected chi connectivity index (χ2v) is 18.2. The lowest BCUT2D eigenvalue weighted by molar-refractivity contribution is 0.380. The summed E-state index contributed by atoms with van der Waals surface area (Å²) in [6, 6.07) is 37.9. The summed E-state index contributed by atoms with van der Waals surface area (Å²) in [5.74, 6) is 1.41. The molecule has 324 valence electrons. The lowest BCUT2D eigenvalue weighted by atomic mass is 9.93. The summed E-state index contributed by atoms with van der Waals surface area (Å²) in [7, 11) is 1.65. The number of halogens is 2. The first-order valence-corrected chi connectivity index (χ1v) is 22.9. The second-order valence-electron chi connectivity index (χ2n) is 16.4. The van der Waals surface area contributed by atoms with E-state index in [0.717, 1.165) is 106 Å². The van der Waals surface area contributed by atoms with Crippen molar-refractivity contribution in [1.29, 1.82) is 0 Å². The highest BCUT2D eigenvalue weighted by atomic mass is 79.9. The molecule has 0 aliphatic heterocycles. The zero-order valence-electron chi connectivity index (χ0n) is 36.2. The molecule has 0 bridgehead atoms. The maximum atomic E-state index is 12.2. The average Bonchev–Trinajstić information content (AvgIpc) is 4.07. The van der Waals surface area contributed by atoms with Crippen molar-refractivity contribution in [1.82, 2.24) is 39.0 Å². The number of hydrogen-bond acceptors (Lipinski definition) is 8. The molecule has 0 radical (unpaired) electrons. The van der Waals surface area contributed by atoms with E-state index in [0.29, 0.717) is 24.7 Å². The fourth-order valence-corrected chi connectivity index (χ4v) is 9.73. The van der Waals surface area contributed by atoms with Crippen molar-refractivity contribution in [2.24, 2.45) is 7.05 Å². The van der Waals surface area contributed by atoms with Crippen molar-refractivity contribution in [3.63, 3.8) is 0 Å². The van der Waals surface area contributed by atoms with Gasteiger partial charge in [-0.15, -0.1) is 0 Å². The first-order chi connectivity index (χ1) is 31.4. The number of aromatic nitrogens is 8. The molecular formula is C51H42Br2N8O4. The van der Waals surface area contributed by atoms with E-state index in [2.05, 4.69) is 163 Å². The van der Waals surface area contributed by atoms with Crippen LogP contribution < -0.4 is 11.5 Å². The van der Waals surface area contributed by atoms with Crippen LogP contribution in [0.2, 0.25) is 0 Å². The van der Waals surface area contributed by atoms with E-state index in [-0.39, 0.29) is 0 Å². The molecule has 1 N–H and O–H groups in total. The molecule has 0 aliphatic rings. The van der Waals surface area contributed by atoms with Crippen LogP contribution in [-0.4, -0.2) is 39.0 Å². The first kappa shape index (κ1) is 42.1. The van der Waals surface area contributed by atoms with Crippen LogP contribution in [0.5, 0.6) is 0 Å². The summed E-state index contributed by atoms with van der Waals surface area (Å²) in [5, 5.41) is 7.92. The van der Waals surface area contributed by atoms with Crippen molar-refractivity contribution in [3.05, 3.63) is 161 Å². The molecular weight excluding hydrogens is 948 g/mol. The first-order valence-electron chi connectivity index (χ1n) is 21.3. The van der Waals surface area contributed by atoms with Crippen LogP contribution in [0, 0.1) is 20.8 Å². The van der Waals surface area contributed by atoms with E-state index in [1.807, 2.05) is 30.3 Å². The number of nitrogens with zero attached hydrogens (tertiary/aromatic N) is 7. The highest BCUT2D eigenvalue weighted by molar-refractivity contribution is 9.10. The highest BCUT2D eigenvalue weighted by Gasteiger charge is 2.22. The van der Waals surface area contributed by atoms with Crippen molar-refractivity contribution >= 4 is 53.9 Å². The Balaban J connectivity index is 0.985. The van der Waals surface area contributed by atoms with E-state index >= 15 is 0 Å². The van der Waals surface area contributed by atoms with Gasteiger partial charge in [-0.25, -0.2) is 19.6 Å². The van der Waals surface area contributed by atoms with Crippen molar-refractivity contribution in [2.75, 3.05) is 0 Å². The third-order valence-corrected chi connectivity index (χ3v) is 13.1. The largest absolute Gasteiger partial charge is 0.441 e. The topological polar surface area (TPSA) is 143 Å². The fraction of sp³-hybridized carbons (Fsp3) is 0.176. The lowest BCUT2D eigenvalue weighted by Gasteiger charge is -2.16. The van der Waals surface area contributed by atoms with Gasteiger partial charge in [-0.05, 0) is 152 Å². The number of hydrogen-bond donors (Lipinski definition) is 1. The predicted molar refractivity (Wildman–Crippen MR) is 262 cm³/mol. The fourth-order valence-electron chi connectivity index (χ4n) is 9.00. The predicted octanol–water partition coefficient (Wildman–Crippen LogP) is 11.9. The van der Waals surface area contributed by atoms with E-state index in [1.54, 1.807) is 7.05 Å². The van der Waals surface area contributed by atoms with Crippen molar-refractivity contribution in [2.45, 2.75) is 53.6 Å². The summed E-state index contributed by atoms with van der Waals surface area (Å²) in [5.41, 5.74) is 16.3. The van der Waals surface area contributed by atoms with E-state index in [9.17, 15) is 9.59 Å². The number of benzene rings is 6. The van der Waals surface area contributed by atoms with Gasteiger partial charge in [-0.2, -0.15) is 0 Å². The normalized spacial score (nSPS) is 11.7. The van der Waals surface area contributed by atoms with Crippen LogP contribution in [0.4, 0.5) is 0 Å². The highest BCUT2D eigenvalue weighted by Crippen LogP contribution is 2.40. The minimum Gasteiger partial charge on any atom is -0.324 e. The molecule has 4 heterocycles. The molecule has 0 atom stereocenters. The number of rotatable bonds is 11. The Kier molecular flexibility index (Phi) is 10.9. The van der Waals surface area contributed by atoms with Gasteiger partial charge in [0.05, 0.1) is 22.1 Å². The van der Waals surface area contributed by atoms with Crippen LogP contribution in [0.3, 0.4) is 0 Å². The van der Waals surface area contributed by atoms with Gasteiger partial charge in [-0.3, -0.25) is 18.6 Å². The SMILES string of the molecule is CCn1c(-c2ccc(Br)cc2-c2ccc(CCCn3c(-c4ccc(Br)cc4-c4ccc(C)cc4C)nc4cc(-c5noc(=O)n5C)ccc43)cc2C)nc2cc(-c3noc(=O)[nH]3)ccc21. The molecule has 10 aromatic rings. The van der Waals surface area contributed by atoms with E-state index in [1.165, 1.54) is 21.3 Å². The summed E-state index contributed by atoms with van der Waals surface area (Å²) in [6.07, 6.45) is 1.71. The summed E-state index contributed by atoms with van der Waals surface area (Å²) in [4.78, 5) is 37.0. The lowest BCUT2D eigenvalue weighted by Crippen LogP contribution is -2.10. The van der Waals surface area contributed by atoms with E-state index in [4.69, 9.17) is 19.0 Å². The molecule has 6 aromatic carbocycles. The number of imidazole rings is 2.